The molecule has 24 heavy (non-hydrogen) atoms. The summed E-state index contributed by atoms with van der Waals surface area (Å²) < 4.78 is 0. The predicted octanol–water partition coefficient (Wildman–Crippen LogP) is -2.68. The molecule has 8 N–H and O–H groups in total. The Morgan fingerprint density at radius 2 is 1.92 bits per heavy atom. The summed E-state index contributed by atoms with van der Waals surface area (Å²) in [6, 6.07) is -0.828. The maximum Gasteiger partial charge on any atom is 0.252 e. The molecular formula is C14H26N4O5S. The Labute approximate surface area is 146 Å². The Morgan fingerprint density at radius 3 is 2.46 bits per heavy atom. The van der Waals surface area contributed by atoms with Crippen molar-refractivity contribution in [3.8, 4) is 0 Å². The largest absolute Gasteiger partial charge is 0.390 e. The zero-order valence-corrected chi connectivity index (χ0v) is 14.6. The molecule has 1 saturated carbocycles. The quantitative estimate of drug-likeness (QED) is 0.252. The van der Waals surface area contributed by atoms with Gasteiger partial charge in [0, 0.05) is 19.4 Å². The summed E-state index contributed by atoms with van der Waals surface area (Å²) in [5.41, 5.74) is 3.01. The molecule has 2 amide bonds. The van der Waals surface area contributed by atoms with Crippen molar-refractivity contribution in [3.05, 3.63) is 0 Å². The molecule has 4 atom stereocenters. The molecule has 138 valence electrons. The van der Waals surface area contributed by atoms with Crippen molar-refractivity contribution < 1.29 is 24.9 Å². The van der Waals surface area contributed by atoms with Crippen LogP contribution in [0.2, 0.25) is 0 Å². The molecule has 0 radical (unpaired) electrons. The summed E-state index contributed by atoms with van der Waals surface area (Å²) in [5, 5.41) is 38.8. The second-order valence-corrected chi connectivity index (χ2v) is 6.91. The van der Waals surface area contributed by atoms with E-state index in [1.807, 2.05) is 13.8 Å². The topological polar surface area (TPSA) is 157 Å². The first-order chi connectivity index (χ1) is 11.0. The molecular weight excluding hydrogens is 336 g/mol. The van der Waals surface area contributed by atoms with Gasteiger partial charge in [0.25, 0.3) is 5.91 Å². The Kier molecular flexibility index (Phi) is 7.33. The molecule has 0 aromatic rings. The van der Waals surface area contributed by atoms with Crippen molar-refractivity contribution >= 4 is 29.1 Å². The van der Waals surface area contributed by atoms with E-state index in [0.29, 0.717) is 12.5 Å². The minimum absolute atomic E-state index is 0.181. The number of hydrogen-bond donors (Lipinski definition) is 7. The monoisotopic (exact) mass is 362 g/mol. The third-order valence-corrected chi connectivity index (χ3v) is 4.01. The lowest BCUT2D eigenvalue weighted by Gasteiger charge is -2.41. The molecule has 1 aliphatic carbocycles. The van der Waals surface area contributed by atoms with E-state index in [-0.39, 0.29) is 18.0 Å². The fourth-order valence-corrected chi connectivity index (χ4v) is 2.71. The van der Waals surface area contributed by atoms with Gasteiger partial charge in [-0.05, 0) is 18.1 Å². The average molecular weight is 362 g/mol. The molecule has 1 aliphatic rings. The number of primary amides is 1. The molecule has 0 spiro atoms. The van der Waals surface area contributed by atoms with Crippen molar-refractivity contribution in [2.75, 3.05) is 13.1 Å². The normalized spacial score (nSPS) is 29.8. The van der Waals surface area contributed by atoms with Gasteiger partial charge in [-0.2, -0.15) is 0 Å². The van der Waals surface area contributed by atoms with Crippen LogP contribution in [0.25, 0.3) is 0 Å². The third kappa shape index (κ3) is 5.86. The van der Waals surface area contributed by atoms with Gasteiger partial charge >= 0.3 is 0 Å². The highest BCUT2D eigenvalue weighted by atomic mass is 32.1. The number of carbonyl (C=O) groups excluding carboxylic acids is 2. The highest BCUT2D eigenvalue weighted by Crippen LogP contribution is 2.29. The lowest BCUT2D eigenvalue weighted by atomic mass is 9.77. The first kappa shape index (κ1) is 20.6. The zero-order chi connectivity index (χ0) is 18.5. The molecule has 0 heterocycles. The Balaban J connectivity index is 2.73. The van der Waals surface area contributed by atoms with Crippen molar-refractivity contribution in [1.29, 1.82) is 0 Å². The SMILES string of the molecule is CC(C)CNC(=S)NC1CC(O)(C(=O)NCC(N)=O)CC(O)C1O. The van der Waals surface area contributed by atoms with Gasteiger partial charge < -0.3 is 37.0 Å². The van der Waals surface area contributed by atoms with Crippen LogP contribution in [0, 0.1) is 5.92 Å². The van der Waals surface area contributed by atoms with Gasteiger partial charge in [-0.25, -0.2) is 0 Å². The van der Waals surface area contributed by atoms with E-state index in [0.717, 1.165) is 0 Å². The minimum atomic E-state index is -1.95. The van der Waals surface area contributed by atoms with Crippen molar-refractivity contribution in [2.24, 2.45) is 11.7 Å². The van der Waals surface area contributed by atoms with Crippen LogP contribution in [0.15, 0.2) is 0 Å². The molecule has 0 aromatic carbocycles. The highest BCUT2D eigenvalue weighted by molar-refractivity contribution is 7.80. The summed E-state index contributed by atoms with van der Waals surface area (Å²) in [6.45, 7) is 4.18. The fraction of sp³-hybridized carbons (Fsp3) is 0.786. The summed E-state index contributed by atoms with van der Waals surface area (Å²) in [6.07, 6.45) is -3.07. The zero-order valence-electron chi connectivity index (χ0n) is 13.8. The minimum Gasteiger partial charge on any atom is -0.390 e. The number of thiocarbonyl (C=S) groups is 1. The van der Waals surface area contributed by atoms with E-state index in [4.69, 9.17) is 18.0 Å². The molecule has 0 saturated heterocycles. The first-order valence-corrected chi connectivity index (χ1v) is 8.15. The summed E-state index contributed by atoms with van der Waals surface area (Å²) in [7, 11) is 0. The highest BCUT2D eigenvalue weighted by Gasteiger charge is 2.48. The van der Waals surface area contributed by atoms with Crippen LogP contribution in [0.4, 0.5) is 0 Å². The van der Waals surface area contributed by atoms with Gasteiger partial charge in [0.2, 0.25) is 5.91 Å². The second-order valence-electron chi connectivity index (χ2n) is 6.50. The molecule has 0 aliphatic heterocycles. The van der Waals surface area contributed by atoms with Crippen LogP contribution in [-0.4, -0.2) is 69.2 Å². The van der Waals surface area contributed by atoms with E-state index in [9.17, 15) is 24.9 Å². The van der Waals surface area contributed by atoms with Gasteiger partial charge in [-0.15, -0.1) is 0 Å². The van der Waals surface area contributed by atoms with Crippen molar-refractivity contribution in [2.45, 2.75) is 50.5 Å². The number of carbonyl (C=O) groups is 2. The van der Waals surface area contributed by atoms with E-state index >= 15 is 0 Å². The smallest absolute Gasteiger partial charge is 0.252 e. The van der Waals surface area contributed by atoms with Crippen LogP contribution < -0.4 is 21.7 Å². The molecule has 1 rings (SSSR count). The van der Waals surface area contributed by atoms with Gasteiger partial charge in [0.1, 0.15) is 11.7 Å². The Hall–Kier alpha value is -1.49. The van der Waals surface area contributed by atoms with Crippen LogP contribution in [-0.2, 0) is 9.59 Å². The standard InChI is InChI=1S/C14H26N4O5S/c1-7(2)5-17-13(24)18-8-3-14(23,4-9(19)11(8)21)12(22)16-6-10(15)20/h7-9,11,19,21,23H,3-6H2,1-2H3,(H2,15,20)(H,16,22)(H2,17,18,24). The van der Waals surface area contributed by atoms with Gasteiger partial charge in [-0.1, -0.05) is 13.8 Å². The maximum absolute atomic E-state index is 12.1. The third-order valence-electron chi connectivity index (χ3n) is 3.74. The molecule has 0 bridgehead atoms. The molecule has 10 heteroatoms. The number of amides is 2. The van der Waals surface area contributed by atoms with E-state index in [2.05, 4.69) is 16.0 Å². The number of nitrogens with two attached hydrogens (primary N) is 1. The number of aliphatic hydroxyl groups excluding tert-OH is 2. The van der Waals surface area contributed by atoms with Crippen molar-refractivity contribution in [3.63, 3.8) is 0 Å². The van der Waals surface area contributed by atoms with Gasteiger partial charge in [-0.3, -0.25) is 9.59 Å². The van der Waals surface area contributed by atoms with Gasteiger partial charge in [0.15, 0.2) is 5.11 Å². The van der Waals surface area contributed by atoms with E-state index < -0.39 is 42.2 Å². The number of hydrogen-bond acceptors (Lipinski definition) is 6. The van der Waals surface area contributed by atoms with Crippen LogP contribution in [0.3, 0.4) is 0 Å². The predicted molar refractivity (Wildman–Crippen MR) is 90.8 cm³/mol. The first-order valence-electron chi connectivity index (χ1n) is 7.74. The fourth-order valence-electron chi connectivity index (χ4n) is 2.47. The average Bonchev–Trinajstić information content (AvgIpc) is 2.47. The summed E-state index contributed by atoms with van der Waals surface area (Å²) in [5.74, 6) is -1.24. The summed E-state index contributed by atoms with van der Waals surface area (Å²) >= 11 is 5.11. The molecule has 9 nitrogen and oxygen atoms in total. The number of nitrogens with one attached hydrogen (secondary N) is 3. The second kappa shape index (κ2) is 8.56. The lowest BCUT2D eigenvalue weighted by molar-refractivity contribution is -0.157. The molecule has 4 unspecified atom stereocenters. The maximum atomic E-state index is 12.1. The van der Waals surface area contributed by atoms with Crippen LogP contribution >= 0.6 is 12.2 Å². The Morgan fingerprint density at radius 1 is 1.29 bits per heavy atom. The lowest BCUT2D eigenvalue weighted by Crippen LogP contribution is -2.64. The van der Waals surface area contributed by atoms with E-state index in [1.165, 1.54) is 0 Å². The van der Waals surface area contributed by atoms with Crippen LogP contribution in [0.5, 0.6) is 0 Å². The van der Waals surface area contributed by atoms with Gasteiger partial charge in [0.05, 0.1) is 18.7 Å². The van der Waals surface area contributed by atoms with Crippen LogP contribution in [0.1, 0.15) is 26.7 Å². The molecule has 0 aromatic heterocycles. The Bertz CT molecular complexity index is 490. The number of aliphatic hydroxyl groups is 3. The number of rotatable bonds is 6. The van der Waals surface area contributed by atoms with E-state index in [1.54, 1.807) is 0 Å². The molecule has 1 fully saturated rings. The summed E-state index contributed by atoms with van der Waals surface area (Å²) in [4.78, 5) is 22.8. The van der Waals surface area contributed by atoms with Crippen molar-refractivity contribution in [1.82, 2.24) is 16.0 Å².